The fourth-order valence-electron chi connectivity index (χ4n) is 1.96. The fourth-order valence-corrected chi connectivity index (χ4v) is 3.04. The Balaban J connectivity index is 1.86. The molecule has 1 amide bonds. The largest absolute Gasteiger partial charge is 0.286 e. The molecule has 0 aliphatic heterocycles. The van der Waals surface area contributed by atoms with Crippen LogP contribution in [0.5, 0.6) is 0 Å². The van der Waals surface area contributed by atoms with E-state index in [0.29, 0.717) is 10.1 Å². The summed E-state index contributed by atoms with van der Waals surface area (Å²) in [6, 6.07) is 13.5. The van der Waals surface area contributed by atoms with Crippen LogP contribution in [0.25, 0.3) is 10.6 Å². The van der Waals surface area contributed by atoms with E-state index in [0.717, 1.165) is 10.0 Å². The number of aromatic nitrogens is 2. The van der Waals surface area contributed by atoms with Gasteiger partial charge in [0.2, 0.25) is 5.13 Å². The van der Waals surface area contributed by atoms with Gasteiger partial charge in [0.1, 0.15) is 10.8 Å². The molecule has 116 valence electrons. The number of nitrogens with zero attached hydrogens (tertiary/aromatic N) is 3. The van der Waals surface area contributed by atoms with E-state index in [9.17, 15) is 9.18 Å². The van der Waals surface area contributed by atoms with Crippen LogP contribution in [0.4, 0.5) is 9.52 Å². The third-order valence-electron chi connectivity index (χ3n) is 3.20. The second kappa shape index (κ2) is 6.55. The van der Waals surface area contributed by atoms with E-state index in [1.165, 1.54) is 28.4 Å². The van der Waals surface area contributed by atoms with Gasteiger partial charge in [-0.3, -0.25) is 9.69 Å². The summed E-state index contributed by atoms with van der Waals surface area (Å²) >= 11 is 4.65. The molecule has 3 rings (SSSR count). The first kappa shape index (κ1) is 15.8. The maximum Gasteiger partial charge on any atom is 0.262 e. The van der Waals surface area contributed by atoms with Crippen molar-refractivity contribution >= 4 is 38.3 Å². The molecule has 0 atom stereocenters. The Morgan fingerprint density at radius 2 is 1.83 bits per heavy atom. The molecule has 3 aromatic rings. The number of carbonyl (C=O) groups is 1. The highest BCUT2D eigenvalue weighted by Crippen LogP contribution is 2.29. The van der Waals surface area contributed by atoms with Gasteiger partial charge in [0.05, 0.1) is 5.56 Å². The van der Waals surface area contributed by atoms with Gasteiger partial charge in [-0.25, -0.2) is 4.39 Å². The van der Waals surface area contributed by atoms with Gasteiger partial charge in [-0.2, -0.15) is 0 Å². The van der Waals surface area contributed by atoms with Crippen molar-refractivity contribution in [1.29, 1.82) is 0 Å². The lowest BCUT2D eigenvalue weighted by molar-refractivity contribution is 0.0989. The van der Waals surface area contributed by atoms with Crippen LogP contribution in [0.2, 0.25) is 0 Å². The van der Waals surface area contributed by atoms with Crippen molar-refractivity contribution in [2.45, 2.75) is 0 Å². The minimum absolute atomic E-state index is 0.00962. The summed E-state index contributed by atoms with van der Waals surface area (Å²) in [6.45, 7) is 0. The van der Waals surface area contributed by atoms with E-state index >= 15 is 0 Å². The molecule has 0 fully saturated rings. The first-order chi connectivity index (χ1) is 11.1. The number of hydrogen-bond donors (Lipinski definition) is 0. The predicted molar refractivity (Wildman–Crippen MR) is 92.2 cm³/mol. The van der Waals surface area contributed by atoms with Crippen LogP contribution in [0, 0.1) is 5.82 Å². The highest BCUT2D eigenvalue weighted by atomic mass is 79.9. The van der Waals surface area contributed by atoms with Gasteiger partial charge in [-0.05, 0) is 24.3 Å². The molecule has 0 N–H and O–H groups in total. The summed E-state index contributed by atoms with van der Waals surface area (Å²) in [4.78, 5) is 13.7. The van der Waals surface area contributed by atoms with Crippen molar-refractivity contribution in [2.24, 2.45) is 0 Å². The van der Waals surface area contributed by atoms with E-state index in [2.05, 4.69) is 26.1 Å². The Hall–Kier alpha value is -2.12. The fraction of sp³-hybridized carbons (Fsp3) is 0.0625. The molecular formula is C16H11BrFN3OS. The number of amides is 1. The predicted octanol–water partition coefficient (Wildman–Crippen LogP) is 4.38. The third-order valence-corrected chi connectivity index (χ3v) is 4.78. The maximum atomic E-state index is 13.7. The molecule has 0 aliphatic rings. The third kappa shape index (κ3) is 3.30. The SMILES string of the molecule is CN(C(=O)c1ccccc1F)c1nnc(-c2ccc(Br)cc2)s1. The second-order valence-corrected chi connectivity index (χ2v) is 6.61. The Morgan fingerprint density at radius 3 is 2.52 bits per heavy atom. The Kier molecular flexibility index (Phi) is 4.49. The van der Waals surface area contributed by atoms with Gasteiger partial charge in [0, 0.05) is 17.1 Å². The van der Waals surface area contributed by atoms with Gasteiger partial charge in [-0.15, -0.1) is 10.2 Å². The minimum atomic E-state index is -0.554. The number of carbonyl (C=O) groups excluding carboxylic acids is 1. The Labute approximate surface area is 144 Å². The second-order valence-electron chi connectivity index (χ2n) is 4.74. The van der Waals surface area contributed by atoms with Crippen LogP contribution >= 0.6 is 27.3 Å². The number of benzene rings is 2. The van der Waals surface area contributed by atoms with Gasteiger partial charge in [-0.1, -0.05) is 51.5 Å². The number of rotatable bonds is 3. The Morgan fingerprint density at radius 1 is 1.13 bits per heavy atom. The average Bonchev–Trinajstić information content (AvgIpc) is 3.04. The van der Waals surface area contributed by atoms with Crippen LogP contribution in [0.1, 0.15) is 10.4 Å². The van der Waals surface area contributed by atoms with E-state index in [1.807, 2.05) is 24.3 Å². The molecule has 0 bridgehead atoms. The van der Waals surface area contributed by atoms with Gasteiger partial charge in [0.15, 0.2) is 0 Å². The maximum absolute atomic E-state index is 13.7. The van der Waals surface area contributed by atoms with Crippen LogP contribution in [-0.2, 0) is 0 Å². The molecule has 0 spiro atoms. The molecule has 0 saturated heterocycles. The van der Waals surface area contributed by atoms with Gasteiger partial charge >= 0.3 is 0 Å². The quantitative estimate of drug-likeness (QED) is 0.665. The molecule has 0 aliphatic carbocycles. The summed E-state index contributed by atoms with van der Waals surface area (Å²) in [5.74, 6) is -1.01. The molecule has 2 aromatic carbocycles. The lowest BCUT2D eigenvalue weighted by Gasteiger charge is -2.13. The van der Waals surface area contributed by atoms with Crippen LogP contribution in [0.3, 0.4) is 0 Å². The van der Waals surface area contributed by atoms with Gasteiger partial charge in [0.25, 0.3) is 5.91 Å². The molecule has 0 saturated carbocycles. The zero-order chi connectivity index (χ0) is 16.4. The number of hydrogen-bond acceptors (Lipinski definition) is 4. The normalized spacial score (nSPS) is 10.6. The van der Waals surface area contributed by atoms with E-state index in [4.69, 9.17) is 0 Å². The topological polar surface area (TPSA) is 46.1 Å². The summed E-state index contributed by atoms with van der Waals surface area (Å²) in [5.41, 5.74) is 0.916. The number of anilines is 1. The molecule has 1 aromatic heterocycles. The van der Waals surface area contributed by atoms with Crippen molar-refractivity contribution in [1.82, 2.24) is 10.2 Å². The molecular weight excluding hydrogens is 381 g/mol. The number of halogens is 2. The van der Waals surface area contributed by atoms with Gasteiger partial charge < -0.3 is 0 Å². The molecule has 1 heterocycles. The molecule has 4 nitrogen and oxygen atoms in total. The van der Waals surface area contributed by atoms with E-state index < -0.39 is 11.7 Å². The van der Waals surface area contributed by atoms with Crippen molar-refractivity contribution in [3.8, 4) is 10.6 Å². The zero-order valence-electron chi connectivity index (χ0n) is 12.0. The van der Waals surface area contributed by atoms with E-state index in [-0.39, 0.29) is 5.56 Å². The zero-order valence-corrected chi connectivity index (χ0v) is 14.4. The summed E-state index contributed by atoms with van der Waals surface area (Å²) in [5, 5.41) is 9.24. The monoisotopic (exact) mass is 391 g/mol. The van der Waals surface area contributed by atoms with Crippen molar-refractivity contribution in [3.05, 3.63) is 64.4 Å². The Bertz CT molecular complexity index is 851. The van der Waals surface area contributed by atoms with Crippen LogP contribution < -0.4 is 4.90 Å². The lowest BCUT2D eigenvalue weighted by Crippen LogP contribution is -2.26. The highest BCUT2D eigenvalue weighted by Gasteiger charge is 2.20. The molecule has 23 heavy (non-hydrogen) atoms. The molecule has 7 heteroatoms. The van der Waals surface area contributed by atoms with Crippen LogP contribution in [0.15, 0.2) is 53.0 Å². The first-order valence-corrected chi connectivity index (χ1v) is 8.29. The highest BCUT2D eigenvalue weighted by molar-refractivity contribution is 9.10. The van der Waals surface area contributed by atoms with Crippen molar-refractivity contribution in [3.63, 3.8) is 0 Å². The standard InChI is InChI=1S/C16H11BrFN3OS/c1-21(15(22)12-4-2-3-5-13(12)18)16-20-19-14(23-16)10-6-8-11(17)9-7-10/h2-9H,1H3. The van der Waals surface area contributed by atoms with E-state index in [1.54, 1.807) is 19.2 Å². The minimum Gasteiger partial charge on any atom is -0.286 e. The summed E-state index contributed by atoms with van der Waals surface area (Å²) in [6.07, 6.45) is 0. The molecule has 0 unspecified atom stereocenters. The summed E-state index contributed by atoms with van der Waals surface area (Å²) < 4.78 is 14.7. The smallest absolute Gasteiger partial charge is 0.262 e. The summed E-state index contributed by atoms with van der Waals surface area (Å²) in [7, 11) is 1.56. The van der Waals surface area contributed by atoms with Crippen LogP contribution in [-0.4, -0.2) is 23.2 Å². The first-order valence-electron chi connectivity index (χ1n) is 6.68. The van der Waals surface area contributed by atoms with Crippen molar-refractivity contribution in [2.75, 3.05) is 11.9 Å². The lowest BCUT2D eigenvalue weighted by atomic mass is 10.2. The van der Waals surface area contributed by atoms with Crippen molar-refractivity contribution < 1.29 is 9.18 Å². The molecule has 0 radical (unpaired) electrons. The average molecular weight is 392 g/mol.